The molecular weight excluding hydrogens is 162 g/mol. The molecule has 5 heteroatoms. The zero-order valence-corrected chi connectivity index (χ0v) is 6.97. The highest BCUT2D eigenvalue weighted by Crippen LogP contribution is 2.20. The molecule has 0 aliphatic carbocycles. The third kappa shape index (κ3) is 1.75. The molecule has 0 spiro atoms. The van der Waals surface area contributed by atoms with Crippen molar-refractivity contribution in [1.29, 1.82) is 0 Å². The van der Waals surface area contributed by atoms with Crippen molar-refractivity contribution < 1.29 is 20.1 Å². The second kappa shape index (κ2) is 4.15. The molecule has 5 nitrogen and oxygen atoms in total. The predicted octanol–water partition coefficient (Wildman–Crippen LogP) is -2.31. The third-order valence-electron chi connectivity index (χ3n) is 2.05. The Labute approximate surface area is 71.0 Å². The van der Waals surface area contributed by atoms with E-state index in [-0.39, 0.29) is 6.61 Å². The lowest BCUT2D eigenvalue weighted by atomic mass is 10.1. The summed E-state index contributed by atoms with van der Waals surface area (Å²) in [6, 6.07) is 0. The summed E-state index contributed by atoms with van der Waals surface area (Å²) in [5.74, 6) is 0. The highest BCUT2D eigenvalue weighted by atomic mass is 16.6. The molecule has 4 N–H and O–H groups in total. The highest BCUT2D eigenvalue weighted by Gasteiger charge is 2.41. The molecule has 0 saturated carbocycles. The van der Waals surface area contributed by atoms with Gasteiger partial charge in [-0.15, -0.1) is 0 Å². The summed E-state index contributed by atoms with van der Waals surface area (Å²) in [6.07, 6.45) is -2.97. The van der Waals surface area contributed by atoms with Crippen molar-refractivity contribution >= 4 is 0 Å². The fraction of sp³-hybridized carbons (Fsp3) is 1.00. The number of ether oxygens (including phenoxy) is 1. The van der Waals surface area contributed by atoms with Crippen molar-refractivity contribution in [2.75, 3.05) is 20.2 Å². The number of hydrogen-bond donors (Lipinski definition) is 4. The lowest BCUT2D eigenvalue weighted by Gasteiger charge is -2.13. The topological polar surface area (TPSA) is 82.0 Å². The normalized spacial score (nSPS) is 42.0. The number of likely N-dealkylation sites (N-methyl/N-ethyl adjacent to an activating group) is 1. The van der Waals surface area contributed by atoms with Crippen LogP contribution in [0.25, 0.3) is 0 Å². The number of hydrogen-bond acceptors (Lipinski definition) is 5. The molecule has 72 valence electrons. The van der Waals surface area contributed by atoms with Crippen LogP contribution in [0, 0.1) is 0 Å². The monoisotopic (exact) mass is 177 g/mol. The van der Waals surface area contributed by atoms with Gasteiger partial charge in [0.25, 0.3) is 0 Å². The first-order valence-electron chi connectivity index (χ1n) is 3.97. The summed E-state index contributed by atoms with van der Waals surface area (Å²) < 4.78 is 5.16. The SMILES string of the molecule is CNC[C@@H]1O[C@H](CO)[C@@H](O)[C@@H]1O. The van der Waals surface area contributed by atoms with Crippen LogP contribution in [0.15, 0.2) is 0 Å². The van der Waals surface area contributed by atoms with Crippen LogP contribution in [0.3, 0.4) is 0 Å². The molecule has 0 amide bonds. The van der Waals surface area contributed by atoms with E-state index in [9.17, 15) is 10.2 Å². The van der Waals surface area contributed by atoms with Crippen molar-refractivity contribution in [1.82, 2.24) is 5.32 Å². The second-order valence-corrected chi connectivity index (χ2v) is 2.93. The number of nitrogens with one attached hydrogen (secondary N) is 1. The molecule has 12 heavy (non-hydrogen) atoms. The van der Waals surface area contributed by atoms with Gasteiger partial charge in [-0.2, -0.15) is 0 Å². The molecule has 0 radical (unpaired) electrons. The first kappa shape index (κ1) is 9.88. The molecule has 1 saturated heterocycles. The average molecular weight is 177 g/mol. The van der Waals surface area contributed by atoms with Crippen molar-refractivity contribution in [3.63, 3.8) is 0 Å². The standard InChI is InChI=1S/C7H15NO4/c1-8-2-4-6(10)7(11)5(3-9)12-4/h4-11H,2-3H2,1H3/t4-,5+,6+,7+/m0/s1. The van der Waals surface area contributed by atoms with Gasteiger partial charge in [-0.05, 0) is 7.05 Å². The van der Waals surface area contributed by atoms with Gasteiger partial charge in [-0.3, -0.25) is 0 Å². The average Bonchev–Trinajstić information content (AvgIpc) is 2.33. The zero-order valence-electron chi connectivity index (χ0n) is 6.97. The Balaban J connectivity index is 2.48. The second-order valence-electron chi connectivity index (χ2n) is 2.93. The molecule has 0 unspecified atom stereocenters. The van der Waals surface area contributed by atoms with Crippen molar-refractivity contribution in [2.24, 2.45) is 0 Å². The van der Waals surface area contributed by atoms with E-state index in [0.717, 1.165) is 0 Å². The maximum Gasteiger partial charge on any atom is 0.111 e. The Hall–Kier alpha value is -0.200. The summed E-state index contributed by atoms with van der Waals surface area (Å²) in [5.41, 5.74) is 0. The Kier molecular flexibility index (Phi) is 3.42. The van der Waals surface area contributed by atoms with Crippen LogP contribution < -0.4 is 5.32 Å². The van der Waals surface area contributed by atoms with Gasteiger partial charge in [0.1, 0.15) is 18.3 Å². The summed E-state index contributed by atoms with van der Waals surface area (Å²) in [6.45, 7) is 0.202. The van der Waals surface area contributed by atoms with Crippen LogP contribution in [0.5, 0.6) is 0 Å². The smallest absolute Gasteiger partial charge is 0.111 e. The maximum absolute atomic E-state index is 9.36. The van der Waals surface area contributed by atoms with Crippen LogP contribution in [-0.4, -0.2) is 59.9 Å². The summed E-state index contributed by atoms with van der Waals surface area (Å²) in [7, 11) is 1.73. The number of aliphatic hydroxyl groups is 3. The van der Waals surface area contributed by atoms with Gasteiger partial charge in [-0.25, -0.2) is 0 Å². The zero-order chi connectivity index (χ0) is 9.14. The Morgan fingerprint density at radius 1 is 1.25 bits per heavy atom. The molecule has 0 bridgehead atoms. The van der Waals surface area contributed by atoms with Crippen LogP contribution in [0.2, 0.25) is 0 Å². The van der Waals surface area contributed by atoms with Crippen molar-refractivity contribution in [3.8, 4) is 0 Å². The van der Waals surface area contributed by atoms with Gasteiger partial charge < -0.3 is 25.4 Å². The van der Waals surface area contributed by atoms with Crippen LogP contribution >= 0.6 is 0 Å². The molecule has 1 heterocycles. The molecule has 1 aliphatic heterocycles. The summed E-state index contributed by atoms with van der Waals surface area (Å²) >= 11 is 0. The summed E-state index contributed by atoms with van der Waals surface area (Å²) in [4.78, 5) is 0. The molecule has 4 atom stereocenters. The van der Waals surface area contributed by atoms with Gasteiger partial charge >= 0.3 is 0 Å². The minimum atomic E-state index is -0.978. The van der Waals surface area contributed by atoms with E-state index >= 15 is 0 Å². The van der Waals surface area contributed by atoms with Gasteiger partial charge in [0.05, 0.1) is 12.7 Å². The minimum Gasteiger partial charge on any atom is -0.394 e. The van der Waals surface area contributed by atoms with Gasteiger partial charge in [0.2, 0.25) is 0 Å². The van der Waals surface area contributed by atoms with Gasteiger partial charge in [0, 0.05) is 6.54 Å². The molecule has 0 aromatic heterocycles. The van der Waals surface area contributed by atoms with Crippen molar-refractivity contribution in [3.05, 3.63) is 0 Å². The van der Waals surface area contributed by atoms with E-state index in [1.54, 1.807) is 7.05 Å². The minimum absolute atomic E-state index is 0.265. The molecular formula is C7H15NO4. The van der Waals surface area contributed by atoms with Gasteiger partial charge in [-0.1, -0.05) is 0 Å². The van der Waals surface area contributed by atoms with Crippen LogP contribution in [0.1, 0.15) is 0 Å². The Morgan fingerprint density at radius 3 is 2.25 bits per heavy atom. The van der Waals surface area contributed by atoms with Crippen LogP contribution in [0.4, 0.5) is 0 Å². The molecule has 0 aromatic carbocycles. The third-order valence-corrected chi connectivity index (χ3v) is 2.05. The molecule has 1 aliphatic rings. The van der Waals surface area contributed by atoms with Crippen LogP contribution in [-0.2, 0) is 4.74 Å². The molecule has 0 aromatic rings. The number of aliphatic hydroxyl groups excluding tert-OH is 3. The van der Waals surface area contributed by atoms with E-state index in [1.807, 2.05) is 0 Å². The molecule has 1 fully saturated rings. The lowest BCUT2D eigenvalue weighted by molar-refractivity contribution is -0.0208. The van der Waals surface area contributed by atoms with E-state index in [2.05, 4.69) is 5.32 Å². The lowest BCUT2D eigenvalue weighted by Crippen LogP contribution is -2.37. The quantitative estimate of drug-likeness (QED) is 0.389. The predicted molar refractivity (Wildman–Crippen MR) is 41.7 cm³/mol. The van der Waals surface area contributed by atoms with E-state index in [4.69, 9.17) is 9.84 Å². The Morgan fingerprint density at radius 2 is 1.83 bits per heavy atom. The fourth-order valence-electron chi connectivity index (χ4n) is 1.35. The highest BCUT2D eigenvalue weighted by molar-refractivity contribution is 4.90. The summed E-state index contributed by atoms with van der Waals surface area (Å²) in [5, 5.41) is 30.2. The van der Waals surface area contributed by atoms with Gasteiger partial charge in [0.15, 0.2) is 0 Å². The first-order chi connectivity index (χ1) is 5.70. The van der Waals surface area contributed by atoms with E-state index in [1.165, 1.54) is 0 Å². The van der Waals surface area contributed by atoms with E-state index < -0.39 is 24.4 Å². The largest absolute Gasteiger partial charge is 0.394 e. The number of rotatable bonds is 3. The van der Waals surface area contributed by atoms with Crippen molar-refractivity contribution in [2.45, 2.75) is 24.4 Å². The maximum atomic E-state index is 9.36. The fourth-order valence-corrected chi connectivity index (χ4v) is 1.35. The Bertz CT molecular complexity index is 143. The van der Waals surface area contributed by atoms with E-state index in [0.29, 0.717) is 6.54 Å². The molecule has 1 rings (SSSR count). The first-order valence-corrected chi connectivity index (χ1v) is 3.97.